The molecule has 0 heterocycles. The van der Waals surface area contributed by atoms with Gasteiger partial charge in [-0.25, -0.2) is 4.79 Å². The number of nitrogens with two attached hydrogens (primary N) is 2. The molecule has 0 spiro atoms. The highest BCUT2D eigenvalue weighted by atomic mass is 32.1. The van der Waals surface area contributed by atoms with E-state index in [-0.39, 0.29) is 18.6 Å². The molecule has 548 valence electrons. The smallest absolute Gasteiger partial charge is 0.327 e. The van der Waals surface area contributed by atoms with Crippen LogP contribution in [-0.2, 0) is 86.3 Å². The Bertz CT molecular complexity index is 2840. The number of carbonyl (C=O) groups excluding carboxylic acids is 14. The van der Waals surface area contributed by atoms with Crippen LogP contribution < -0.4 is 80.6 Å². The van der Waals surface area contributed by atoms with Crippen molar-refractivity contribution in [3.63, 3.8) is 0 Å². The lowest BCUT2D eigenvalue weighted by molar-refractivity contribution is -0.142. The molecule has 0 aromatic heterocycles. The van der Waals surface area contributed by atoms with Crippen LogP contribution in [0.1, 0.15) is 100 Å². The molecule has 0 aromatic rings. The molecule has 0 aliphatic heterocycles. The van der Waals surface area contributed by atoms with Gasteiger partial charge in [0.1, 0.15) is 72.5 Å². The van der Waals surface area contributed by atoms with Crippen LogP contribution in [0.3, 0.4) is 0 Å². The van der Waals surface area contributed by atoms with Crippen LogP contribution in [0.2, 0.25) is 0 Å². The van der Waals surface area contributed by atoms with Gasteiger partial charge in [-0.1, -0.05) is 48.0 Å². The van der Waals surface area contributed by atoms with Gasteiger partial charge in [0.15, 0.2) is 0 Å². The first-order valence-corrected chi connectivity index (χ1v) is 32.6. The number of hydrogen-bond donors (Lipinski definition) is 24. The molecule has 97 heavy (non-hydrogen) atoms. The first-order chi connectivity index (χ1) is 45.1. The number of thiol groups is 4. The van der Waals surface area contributed by atoms with Gasteiger partial charge < -0.3 is 106 Å². The molecule has 0 aliphatic rings. The van der Waals surface area contributed by atoms with E-state index in [1.807, 2.05) is 5.32 Å². The number of hydrogen-bond acceptors (Lipinski definition) is 24. The maximum atomic E-state index is 14.2. The van der Waals surface area contributed by atoms with Crippen molar-refractivity contribution in [3.05, 3.63) is 0 Å². The zero-order valence-corrected chi connectivity index (χ0v) is 57.9. The number of aliphatic hydroxyl groups is 1. The van der Waals surface area contributed by atoms with Gasteiger partial charge >= 0.3 is 23.9 Å². The van der Waals surface area contributed by atoms with Crippen molar-refractivity contribution < 1.29 is 112 Å². The summed E-state index contributed by atoms with van der Waals surface area (Å²) in [6.07, 6.45) is -5.78. The van der Waals surface area contributed by atoms with Gasteiger partial charge in [0.05, 0.1) is 38.0 Å². The fourth-order valence-corrected chi connectivity index (χ4v) is 9.32. The van der Waals surface area contributed by atoms with Crippen molar-refractivity contribution >= 4 is 157 Å². The maximum absolute atomic E-state index is 14.2. The first-order valence-electron chi connectivity index (χ1n) is 30.0. The number of rotatable bonds is 46. The van der Waals surface area contributed by atoms with Crippen LogP contribution in [0.15, 0.2) is 0 Å². The third-order valence-electron chi connectivity index (χ3n) is 13.9. The normalized spacial score (nSPS) is 15.7. The molecular formula is C55H91N15O23S4. The minimum atomic E-state index is -1.92. The lowest BCUT2D eigenvalue weighted by Crippen LogP contribution is -2.62. The van der Waals surface area contributed by atoms with E-state index in [1.54, 1.807) is 20.8 Å². The van der Waals surface area contributed by atoms with Gasteiger partial charge in [-0.05, 0) is 44.4 Å². The molecule has 0 bridgehead atoms. The summed E-state index contributed by atoms with van der Waals surface area (Å²) in [4.78, 5) is 233. The van der Waals surface area contributed by atoms with Crippen LogP contribution in [0.25, 0.3) is 0 Å². The SMILES string of the molecule is CC[C@H](C)[C@H](NC(=O)[C@H](CS)NC(=O)[C@H](CC(C)C)NC(=O)[C@H](CCC(=O)O)NC(=O)[C@H](CS)NC(=O)[C@H](CC(=O)O)NC(=O)[C@@H](N)CC(=O)O)C(=O)N[C@@H](CC(N)=O)C(=O)N[C@H](C(=O)N[C@@H](C)C(=O)N[C@@H](CS)C(=O)N[C@H](C(=O)NCC(=O)N[C@@H](CS)C(=O)O)[C@@H](C)O)C(C)C. The Morgan fingerprint density at radius 1 is 0.402 bits per heavy atom. The van der Waals surface area contributed by atoms with E-state index in [4.69, 9.17) is 21.7 Å². The maximum Gasteiger partial charge on any atom is 0.327 e. The van der Waals surface area contributed by atoms with Gasteiger partial charge in [-0.3, -0.25) is 81.5 Å². The minimum Gasteiger partial charge on any atom is -0.481 e. The summed E-state index contributed by atoms with van der Waals surface area (Å²) < 4.78 is 0. The molecule has 42 heteroatoms. The summed E-state index contributed by atoms with van der Waals surface area (Å²) >= 11 is 16.2. The number of amides is 14. The average molecular weight is 1460 g/mol. The van der Waals surface area contributed by atoms with Crippen molar-refractivity contribution in [1.82, 2.24) is 69.1 Å². The van der Waals surface area contributed by atoms with Crippen molar-refractivity contribution in [1.29, 1.82) is 0 Å². The van der Waals surface area contributed by atoms with Crippen LogP contribution in [0.5, 0.6) is 0 Å². The Morgan fingerprint density at radius 3 is 1.24 bits per heavy atom. The lowest BCUT2D eigenvalue weighted by atomic mass is 9.97. The van der Waals surface area contributed by atoms with Crippen molar-refractivity contribution in [2.75, 3.05) is 29.6 Å². The number of carboxylic acids is 4. The van der Waals surface area contributed by atoms with Crippen LogP contribution in [0, 0.1) is 17.8 Å². The Balaban J connectivity index is 6.49. The molecule has 0 saturated carbocycles. The van der Waals surface area contributed by atoms with E-state index < -0.39 is 265 Å². The summed E-state index contributed by atoms with van der Waals surface area (Å²) in [7, 11) is 0. The van der Waals surface area contributed by atoms with Crippen LogP contribution >= 0.6 is 50.5 Å². The van der Waals surface area contributed by atoms with E-state index in [0.29, 0.717) is 0 Å². The van der Waals surface area contributed by atoms with E-state index in [1.165, 1.54) is 27.7 Å². The van der Waals surface area contributed by atoms with Gasteiger partial charge in [-0.2, -0.15) is 50.5 Å². The molecule has 14 amide bonds. The van der Waals surface area contributed by atoms with Crippen LogP contribution in [-0.4, -0.2) is 246 Å². The minimum absolute atomic E-state index is 0.158. The van der Waals surface area contributed by atoms with Gasteiger partial charge in [0.2, 0.25) is 82.7 Å². The van der Waals surface area contributed by atoms with Crippen molar-refractivity contribution in [3.8, 4) is 0 Å². The highest BCUT2D eigenvalue weighted by molar-refractivity contribution is 7.80. The van der Waals surface area contributed by atoms with E-state index in [9.17, 15) is 102 Å². The van der Waals surface area contributed by atoms with E-state index in [2.05, 4.69) is 114 Å². The molecule has 0 aliphatic carbocycles. The summed E-state index contributed by atoms with van der Waals surface area (Å²) in [5.74, 6) is -24.9. The largest absolute Gasteiger partial charge is 0.481 e. The Morgan fingerprint density at radius 2 is 0.794 bits per heavy atom. The fraction of sp³-hybridized carbons (Fsp3) is 0.673. The number of carbonyl (C=O) groups is 18. The molecule has 0 saturated heterocycles. The summed E-state index contributed by atoms with van der Waals surface area (Å²) in [6, 6.07) is -21.2. The number of aliphatic carboxylic acids is 4. The molecule has 0 unspecified atom stereocenters. The number of nitrogens with one attached hydrogen (secondary N) is 13. The second kappa shape index (κ2) is 44.6. The zero-order chi connectivity index (χ0) is 74.9. The third kappa shape index (κ3) is 33.1. The molecule has 0 radical (unpaired) electrons. The second-order valence-electron chi connectivity index (χ2n) is 22.9. The Hall–Kier alpha value is -8.22. The highest BCUT2D eigenvalue weighted by Crippen LogP contribution is 2.13. The molecular weight excluding hydrogens is 1370 g/mol. The predicted octanol–water partition coefficient (Wildman–Crippen LogP) is -8.11. The molecule has 0 aromatic carbocycles. The molecule has 38 nitrogen and oxygen atoms in total. The Labute approximate surface area is 579 Å². The predicted molar refractivity (Wildman–Crippen MR) is 353 cm³/mol. The second-order valence-corrected chi connectivity index (χ2v) is 24.4. The number of aliphatic hydroxyl groups excluding tert-OH is 1. The molecule has 15 atom stereocenters. The standard InChI is InChI=1S/C55H91N15O23S4/c1-9-23(6)41(54(91)64-29(14-35(57)72)48(85)68-40(22(4)5)53(90)59-24(7)43(80)65-32(18-95)51(88)70-42(25(8)71)52(89)58-16-36(73)60-34(20-97)55(92)93)69-50(87)33(19-96)67-46(83)28(12-21(2)3)63-45(82)27(10-11-37(74)75)61-49(86)31(17-94)66-47(84)30(15-39(78)79)62-44(81)26(56)13-38(76)77/h21-34,40-42,71,94-97H,9-20,56H2,1-8H3,(H2,57,72)(H,58,89)(H,59,90)(H,60,73)(H,61,86)(H,62,81)(H,63,82)(H,64,91)(H,65,80)(H,66,84)(H,67,83)(H,68,85)(H,69,87)(H,70,88)(H,74,75)(H,76,77)(H,78,79)(H,92,93)/t23-,24-,25+,26-,27-,28-,29-,30-,31-,32-,33-,34-,40-,41-,42-/m0/s1. The summed E-state index contributed by atoms with van der Waals surface area (Å²) in [5, 5.41) is 77.0. The average Bonchev–Trinajstić information content (AvgIpc) is 0.906. The van der Waals surface area contributed by atoms with Crippen molar-refractivity contribution in [2.45, 2.75) is 185 Å². The van der Waals surface area contributed by atoms with E-state index >= 15 is 0 Å². The van der Waals surface area contributed by atoms with Gasteiger partial charge in [-0.15, -0.1) is 0 Å². The molecule has 22 N–H and O–H groups in total. The number of primary amides is 1. The fourth-order valence-electron chi connectivity index (χ4n) is 8.30. The lowest BCUT2D eigenvalue weighted by Gasteiger charge is -2.30. The topological polar surface area (TPSA) is 617 Å². The monoisotopic (exact) mass is 1460 g/mol. The first kappa shape index (κ1) is 88.8. The molecule has 0 fully saturated rings. The quantitative estimate of drug-likeness (QED) is 0.0252. The summed E-state index contributed by atoms with van der Waals surface area (Å²) in [6.45, 7) is 10.9. The van der Waals surface area contributed by atoms with Gasteiger partial charge in [0, 0.05) is 29.4 Å². The van der Waals surface area contributed by atoms with Gasteiger partial charge in [0.25, 0.3) is 0 Å². The molecule has 0 rings (SSSR count). The van der Waals surface area contributed by atoms with Crippen molar-refractivity contribution in [2.24, 2.45) is 29.2 Å². The third-order valence-corrected chi connectivity index (χ3v) is 15.4. The Kier molecular flexibility index (Phi) is 40.8. The van der Waals surface area contributed by atoms with Crippen LogP contribution in [0.4, 0.5) is 0 Å². The van der Waals surface area contributed by atoms with E-state index in [0.717, 1.165) is 6.92 Å². The summed E-state index contributed by atoms with van der Waals surface area (Å²) in [5.41, 5.74) is 11.0. The number of carboxylic acid groups (broad SMARTS) is 4. The highest BCUT2D eigenvalue weighted by Gasteiger charge is 2.39. The zero-order valence-electron chi connectivity index (χ0n) is 54.3.